The van der Waals surface area contributed by atoms with Crippen molar-refractivity contribution in [2.75, 3.05) is 6.54 Å². The van der Waals surface area contributed by atoms with E-state index < -0.39 is 27.0 Å². The lowest BCUT2D eigenvalue weighted by molar-refractivity contribution is 0.0853. The number of Topliss-reactive ketones (excluding diaryl/α,β-unsaturated/α-hetero) is 1. The molecule has 0 saturated carbocycles. The maximum absolute atomic E-state index is 13.7. The maximum Gasteiger partial charge on any atom is 0.240 e. The van der Waals surface area contributed by atoms with Gasteiger partial charge in [0.2, 0.25) is 10.0 Å². The SMILES string of the molecule is CCNS(=O)(=O)c1ccc(F)c(C(=O)C(C)(C)C)c1. The van der Waals surface area contributed by atoms with Crippen molar-refractivity contribution in [2.45, 2.75) is 32.6 Å². The van der Waals surface area contributed by atoms with Crippen molar-refractivity contribution in [3.05, 3.63) is 29.6 Å². The second-order valence-electron chi connectivity index (χ2n) is 5.22. The second-order valence-corrected chi connectivity index (χ2v) is 6.99. The monoisotopic (exact) mass is 287 g/mol. The number of hydrogen-bond acceptors (Lipinski definition) is 3. The van der Waals surface area contributed by atoms with Gasteiger partial charge < -0.3 is 0 Å². The van der Waals surface area contributed by atoms with Gasteiger partial charge in [0.05, 0.1) is 10.5 Å². The third-order valence-electron chi connectivity index (χ3n) is 2.51. The van der Waals surface area contributed by atoms with Crippen molar-refractivity contribution in [1.82, 2.24) is 4.72 Å². The van der Waals surface area contributed by atoms with Crippen LogP contribution in [0.4, 0.5) is 4.39 Å². The Labute approximate surface area is 113 Å². The van der Waals surface area contributed by atoms with E-state index in [2.05, 4.69) is 4.72 Å². The van der Waals surface area contributed by atoms with Crippen LogP contribution in [0.2, 0.25) is 0 Å². The number of carbonyl (C=O) groups excluding carboxylic acids is 1. The number of rotatable bonds is 4. The molecule has 1 aromatic carbocycles. The van der Waals surface area contributed by atoms with E-state index in [0.717, 1.165) is 18.2 Å². The molecule has 0 atom stereocenters. The van der Waals surface area contributed by atoms with Gasteiger partial charge in [-0.15, -0.1) is 0 Å². The summed E-state index contributed by atoms with van der Waals surface area (Å²) >= 11 is 0. The van der Waals surface area contributed by atoms with Crippen LogP contribution in [-0.2, 0) is 10.0 Å². The molecule has 19 heavy (non-hydrogen) atoms. The Kier molecular flexibility index (Phi) is 4.47. The van der Waals surface area contributed by atoms with Crippen molar-refractivity contribution in [3.63, 3.8) is 0 Å². The summed E-state index contributed by atoms with van der Waals surface area (Å²) in [6.07, 6.45) is 0. The van der Waals surface area contributed by atoms with Gasteiger partial charge in [0.25, 0.3) is 0 Å². The van der Waals surface area contributed by atoms with Gasteiger partial charge in [0.15, 0.2) is 5.78 Å². The molecule has 1 rings (SSSR count). The molecule has 4 nitrogen and oxygen atoms in total. The van der Waals surface area contributed by atoms with Crippen LogP contribution in [-0.4, -0.2) is 20.7 Å². The number of hydrogen-bond donors (Lipinski definition) is 1. The van der Waals surface area contributed by atoms with Gasteiger partial charge in [-0.25, -0.2) is 17.5 Å². The molecule has 0 aliphatic heterocycles. The molecule has 1 aromatic rings. The molecule has 0 unspecified atom stereocenters. The Morgan fingerprint density at radius 2 is 1.89 bits per heavy atom. The van der Waals surface area contributed by atoms with Gasteiger partial charge in [-0.2, -0.15) is 0 Å². The van der Waals surface area contributed by atoms with Crippen LogP contribution in [0.3, 0.4) is 0 Å². The van der Waals surface area contributed by atoms with E-state index in [1.54, 1.807) is 27.7 Å². The van der Waals surface area contributed by atoms with Crippen LogP contribution in [0.5, 0.6) is 0 Å². The molecule has 1 N–H and O–H groups in total. The first-order valence-corrected chi connectivity index (χ1v) is 7.42. The zero-order valence-electron chi connectivity index (χ0n) is 11.5. The van der Waals surface area contributed by atoms with E-state index in [1.807, 2.05) is 0 Å². The summed E-state index contributed by atoms with van der Waals surface area (Å²) < 4.78 is 39.6. The van der Waals surface area contributed by atoms with Crippen molar-refractivity contribution in [2.24, 2.45) is 5.41 Å². The third-order valence-corrected chi connectivity index (χ3v) is 4.05. The molecule has 0 saturated heterocycles. The molecule has 0 aromatic heterocycles. The van der Waals surface area contributed by atoms with E-state index in [9.17, 15) is 17.6 Å². The van der Waals surface area contributed by atoms with Crippen LogP contribution < -0.4 is 4.72 Å². The standard InChI is InChI=1S/C13H18FNO3S/c1-5-15-19(17,18)9-6-7-11(14)10(8-9)12(16)13(2,3)4/h6-8,15H,5H2,1-4H3. The van der Waals surface area contributed by atoms with Crippen LogP contribution in [0.1, 0.15) is 38.1 Å². The van der Waals surface area contributed by atoms with E-state index in [0.29, 0.717) is 0 Å². The van der Waals surface area contributed by atoms with Gasteiger partial charge >= 0.3 is 0 Å². The van der Waals surface area contributed by atoms with Gasteiger partial charge in [-0.05, 0) is 18.2 Å². The number of nitrogens with one attached hydrogen (secondary N) is 1. The summed E-state index contributed by atoms with van der Waals surface area (Å²) in [4.78, 5) is 12.0. The Hall–Kier alpha value is -1.27. The predicted octanol–water partition coefficient (Wildman–Crippen LogP) is 2.35. The van der Waals surface area contributed by atoms with E-state index in [1.165, 1.54) is 0 Å². The number of benzene rings is 1. The second kappa shape index (κ2) is 5.38. The van der Waals surface area contributed by atoms with Crippen LogP contribution in [0.15, 0.2) is 23.1 Å². The Bertz CT molecular complexity index is 588. The lowest BCUT2D eigenvalue weighted by atomic mass is 9.86. The number of carbonyl (C=O) groups is 1. The summed E-state index contributed by atoms with van der Waals surface area (Å²) in [5, 5.41) is 0. The summed E-state index contributed by atoms with van der Waals surface area (Å²) in [7, 11) is -3.70. The minimum absolute atomic E-state index is 0.108. The highest BCUT2D eigenvalue weighted by molar-refractivity contribution is 7.89. The average molecular weight is 287 g/mol. The van der Waals surface area contributed by atoms with Crippen molar-refractivity contribution >= 4 is 15.8 Å². The minimum atomic E-state index is -3.70. The summed E-state index contributed by atoms with van der Waals surface area (Å²) in [5.74, 6) is -1.14. The normalized spacial score (nSPS) is 12.5. The third kappa shape index (κ3) is 3.61. The van der Waals surface area contributed by atoms with E-state index in [-0.39, 0.29) is 17.0 Å². The number of halogens is 1. The first kappa shape index (κ1) is 15.8. The van der Waals surface area contributed by atoms with Crippen molar-refractivity contribution in [1.29, 1.82) is 0 Å². The average Bonchev–Trinajstić information content (AvgIpc) is 2.27. The quantitative estimate of drug-likeness (QED) is 0.865. The fourth-order valence-corrected chi connectivity index (χ4v) is 2.59. The molecular weight excluding hydrogens is 269 g/mol. The first-order valence-electron chi connectivity index (χ1n) is 5.93. The maximum atomic E-state index is 13.7. The molecule has 6 heteroatoms. The number of sulfonamides is 1. The van der Waals surface area contributed by atoms with Gasteiger partial charge in [-0.1, -0.05) is 27.7 Å². The lowest BCUT2D eigenvalue weighted by Crippen LogP contribution is -2.25. The highest BCUT2D eigenvalue weighted by Crippen LogP contribution is 2.24. The fraction of sp³-hybridized carbons (Fsp3) is 0.462. The minimum Gasteiger partial charge on any atom is -0.293 e. The summed E-state index contributed by atoms with van der Waals surface area (Å²) in [5.41, 5.74) is -0.979. The molecule has 0 radical (unpaired) electrons. The molecule has 0 spiro atoms. The largest absolute Gasteiger partial charge is 0.293 e. The highest BCUT2D eigenvalue weighted by atomic mass is 32.2. The molecule has 0 aliphatic rings. The molecule has 106 valence electrons. The van der Waals surface area contributed by atoms with Crippen molar-refractivity contribution in [3.8, 4) is 0 Å². The first-order chi connectivity index (χ1) is 8.59. The topological polar surface area (TPSA) is 63.2 Å². The predicted molar refractivity (Wildman–Crippen MR) is 71.0 cm³/mol. The van der Waals surface area contributed by atoms with Crippen molar-refractivity contribution < 1.29 is 17.6 Å². The molecule has 0 aliphatic carbocycles. The van der Waals surface area contributed by atoms with Crippen LogP contribution in [0, 0.1) is 11.2 Å². The van der Waals surface area contributed by atoms with Gasteiger partial charge in [-0.3, -0.25) is 4.79 Å². The Morgan fingerprint density at radius 1 is 1.32 bits per heavy atom. The Morgan fingerprint density at radius 3 is 2.37 bits per heavy atom. The van der Waals surface area contributed by atoms with E-state index >= 15 is 0 Å². The smallest absolute Gasteiger partial charge is 0.240 e. The molecule has 0 heterocycles. The van der Waals surface area contributed by atoms with E-state index in [4.69, 9.17) is 0 Å². The molecule has 0 bridgehead atoms. The lowest BCUT2D eigenvalue weighted by Gasteiger charge is -2.17. The molecule has 0 amide bonds. The van der Waals surface area contributed by atoms with Crippen LogP contribution in [0.25, 0.3) is 0 Å². The summed E-state index contributed by atoms with van der Waals surface area (Å²) in [6.45, 7) is 6.82. The van der Waals surface area contributed by atoms with Gasteiger partial charge in [0, 0.05) is 12.0 Å². The fourth-order valence-electron chi connectivity index (χ4n) is 1.52. The molecular formula is C13H18FNO3S. The zero-order chi connectivity index (χ0) is 14.8. The summed E-state index contributed by atoms with van der Waals surface area (Å²) in [6, 6.07) is 3.23. The van der Waals surface area contributed by atoms with Gasteiger partial charge in [0.1, 0.15) is 5.82 Å². The zero-order valence-corrected chi connectivity index (χ0v) is 12.3. The number of ketones is 1. The highest BCUT2D eigenvalue weighted by Gasteiger charge is 2.27. The Balaban J connectivity index is 3.34. The molecule has 0 fully saturated rings. The van der Waals surface area contributed by atoms with Crippen LogP contribution >= 0.6 is 0 Å².